The van der Waals surface area contributed by atoms with Gasteiger partial charge in [0, 0.05) is 11.6 Å². The predicted molar refractivity (Wildman–Crippen MR) is 73.5 cm³/mol. The molecule has 0 radical (unpaired) electrons. The molecule has 0 spiro atoms. The quantitative estimate of drug-likeness (QED) is 0.711. The lowest BCUT2D eigenvalue weighted by atomic mass is 9.97. The Hall–Kier alpha value is -1.42. The van der Waals surface area contributed by atoms with E-state index in [2.05, 4.69) is 16.6 Å². The zero-order valence-corrected chi connectivity index (χ0v) is 11.5. The largest absolute Gasteiger partial charge is 0.434 e. The van der Waals surface area contributed by atoms with Crippen LogP contribution in [0.3, 0.4) is 0 Å². The van der Waals surface area contributed by atoms with Gasteiger partial charge in [0.05, 0.1) is 0 Å². The van der Waals surface area contributed by atoms with E-state index in [0.29, 0.717) is 6.42 Å². The Kier molecular flexibility index (Phi) is 6.50. The lowest BCUT2D eigenvalue weighted by Gasteiger charge is -2.22. The molecular formula is C15H21F2NO. The summed E-state index contributed by atoms with van der Waals surface area (Å²) < 4.78 is 29.4. The topological polar surface area (TPSA) is 21.3 Å². The van der Waals surface area contributed by atoms with Crippen LogP contribution in [0.4, 0.5) is 8.78 Å². The molecule has 0 amide bonds. The van der Waals surface area contributed by atoms with Gasteiger partial charge < -0.3 is 10.1 Å². The molecule has 1 atom stereocenters. The van der Waals surface area contributed by atoms with E-state index in [1.54, 1.807) is 12.1 Å². The first kappa shape index (κ1) is 15.6. The van der Waals surface area contributed by atoms with Gasteiger partial charge in [-0.15, -0.1) is 0 Å². The highest BCUT2D eigenvalue weighted by Crippen LogP contribution is 2.30. The molecule has 1 rings (SSSR count). The molecule has 19 heavy (non-hydrogen) atoms. The number of hydrogen-bond acceptors (Lipinski definition) is 2. The zero-order chi connectivity index (χ0) is 14.3. The van der Waals surface area contributed by atoms with Crippen molar-refractivity contribution in [3.8, 4) is 5.75 Å². The van der Waals surface area contributed by atoms with E-state index < -0.39 is 6.61 Å². The average molecular weight is 269 g/mol. The van der Waals surface area contributed by atoms with Crippen molar-refractivity contribution in [2.75, 3.05) is 6.54 Å². The summed E-state index contributed by atoms with van der Waals surface area (Å²) in [6.07, 6.45) is 1.59. The molecule has 0 aromatic heterocycles. The van der Waals surface area contributed by atoms with Crippen molar-refractivity contribution in [2.45, 2.75) is 39.3 Å². The summed E-state index contributed by atoms with van der Waals surface area (Å²) >= 11 is 0. The fourth-order valence-corrected chi connectivity index (χ4v) is 1.94. The van der Waals surface area contributed by atoms with Gasteiger partial charge in [0.1, 0.15) is 5.75 Å². The van der Waals surface area contributed by atoms with E-state index in [0.717, 1.165) is 24.1 Å². The van der Waals surface area contributed by atoms with Gasteiger partial charge in [-0.3, -0.25) is 0 Å². The maximum atomic E-state index is 12.4. The summed E-state index contributed by atoms with van der Waals surface area (Å²) in [5.74, 6) is 0.229. The minimum absolute atomic E-state index is 0.0487. The van der Waals surface area contributed by atoms with Crippen LogP contribution in [0.1, 0.15) is 38.3 Å². The van der Waals surface area contributed by atoms with Crippen molar-refractivity contribution >= 4 is 0 Å². The normalized spacial score (nSPS) is 12.5. The van der Waals surface area contributed by atoms with Crippen LogP contribution in [0.25, 0.3) is 0 Å². The third-order valence-corrected chi connectivity index (χ3v) is 2.95. The first-order chi connectivity index (χ1) is 9.08. The minimum atomic E-state index is -2.81. The van der Waals surface area contributed by atoms with Crippen LogP contribution in [-0.4, -0.2) is 13.2 Å². The Morgan fingerprint density at radius 3 is 2.58 bits per heavy atom. The SMILES string of the molecule is C=C(CC)CC(NCC)c1ccccc1OC(F)F. The molecule has 0 aliphatic rings. The lowest BCUT2D eigenvalue weighted by Crippen LogP contribution is -2.22. The number of halogens is 2. The maximum absolute atomic E-state index is 12.4. The molecular weight excluding hydrogens is 248 g/mol. The molecule has 0 saturated carbocycles. The number of para-hydroxylation sites is 1. The summed E-state index contributed by atoms with van der Waals surface area (Å²) in [6, 6.07) is 6.85. The van der Waals surface area contributed by atoms with Gasteiger partial charge in [-0.2, -0.15) is 8.78 Å². The Morgan fingerprint density at radius 2 is 2.00 bits per heavy atom. The standard InChI is InChI=1S/C15H21F2NO/c1-4-11(3)10-13(18-5-2)12-8-6-7-9-14(12)19-15(16)17/h6-9,13,15,18H,3-5,10H2,1-2H3. The Balaban J connectivity index is 2.97. The van der Waals surface area contributed by atoms with Crippen molar-refractivity contribution in [2.24, 2.45) is 0 Å². The van der Waals surface area contributed by atoms with Gasteiger partial charge in [0.25, 0.3) is 0 Å². The van der Waals surface area contributed by atoms with Crippen molar-refractivity contribution in [1.82, 2.24) is 5.32 Å². The summed E-state index contributed by atoms with van der Waals surface area (Å²) in [7, 11) is 0. The Morgan fingerprint density at radius 1 is 1.32 bits per heavy atom. The first-order valence-corrected chi connectivity index (χ1v) is 6.52. The number of benzene rings is 1. The fraction of sp³-hybridized carbons (Fsp3) is 0.467. The average Bonchev–Trinajstić information content (AvgIpc) is 2.38. The second kappa shape index (κ2) is 7.89. The summed E-state index contributed by atoms with van der Waals surface area (Å²) in [5.41, 5.74) is 1.83. The zero-order valence-electron chi connectivity index (χ0n) is 11.5. The second-order valence-electron chi connectivity index (χ2n) is 4.33. The smallest absolute Gasteiger partial charge is 0.387 e. The van der Waals surface area contributed by atoms with Gasteiger partial charge >= 0.3 is 6.61 Å². The molecule has 1 aromatic carbocycles. The van der Waals surface area contributed by atoms with Gasteiger partial charge in [0.15, 0.2) is 0 Å². The van der Waals surface area contributed by atoms with Crippen molar-refractivity contribution in [3.63, 3.8) is 0 Å². The highest BCUT2D eigenvalue weighted by atomic mass is 19.3. The molecule has 106 valence electrons. The Bertz CT molecular complexity index is 407. The van der Waals surface area contributed by atoms with Crippen molar-refractivity contribution in [1.29, 1.82) is 0 Å². The van der Waals surface area contributed by atoms with Crippen LogP contribution in [0, 0.1) is 0 Å². The highest BCUT2D eigenvalue weighted by Gasteiger charge is 2.17. The van der Waals surface area contributed by atoms with Gasteiger partial charge in [-0.05, 0) is 25.5 Å². The highest BCUT2D eigenvalue weighted by molar-refractivity contribution is 5.36. The summed E-state index contributed by atoms with van der Waals surface area (Å²) in [6.45, 7) is 5.95. The van der Waals surface area contributed by atoms with Crippen molar-refractivity contribution in [3.05, 3.63) is 42.0 Å². The summed E-state index contributed by atoms with van der Waals surface area (Å²) in [4.78, 5) is 0. The number of rotatable bonds is 8. The van der Waals surface area contributed by atoms with Crippen LogP contribution in [0.2, 0.25) is 0 Å². The minimum Gasteiger partial charge on any atom is -0.434 e. The molecule has 1 N–H and O–H groups in total. The molecule has 1 unspecified atom stereocenters. The van der Waals surface area contributed by atoms with Crippen LogP contribution < -0.4 is 10.1 Å². The number of hydrogen-bond donors (Lipinski definition) is 1. The molecule has 2 nitrogen and oxygen atoms in total. The third kappa shape index (κ3) is 4.99. The van der Waals surface area contributed by atoms with Crippen molar-refractivity contribution < 1.29 is 13.5 Å². The van der Waals surface area contributed by atoms with E-state index >= 15 is 0 Å². The molecule has 4 heteroatoms. The Labute approximate surface area is 113 Å². The molecule has 0 saturated heterocycles. The van der Waals surface area contributed by atoms with Crippen LogP contribution in [0.5, 0.6) is 5.75 Å². The van der Waals surface area contributed by atoms with E-state index in [1.165, 1.54) is 0 Å². The fourth-order valence-electron chi connectivity index (χ4n) is 1.94. The van der Waals surface area contributed by atoms with E-state index in [1.807, 2.05) is 26.0 Å². The monoisotopic (exact) mass is 269 g/mol. The van der Waals surface area contributed by atoms with E-state index in [-0.39, 0.29) is 11.8 Å². The molecule has 1 aromatic rings. The molecule has 0 aliphatic heterocycles. The molecule has 0 fully saturated rings. The van der Waals surface area contributed by atoms with Crippen LogP contribution in [0.15, 0.2) is 36.4 Å². The predicted octanol–water partition coefficient (Wildman–Crippen LogP) is 4.29. The number of alkyl halides is 2. The van der Waals surface area contributed by atoms with E-state index in [9.17, 15) is 8.78 Å². The second-order valence-corrected chi connectivity index (χ2v) is 4.33. The third-order valence-electron chi connectivity index (χ3n) is 2.95. The maximum Gasteiger partial charge on any atom is 0.387 e. The molecule has 0 bridgehead atoms. The van der Waals surface area contributed by atoms with Gasteiger partial charge in [-0.1, -0.05) is 44.2 Å². The summed E-state index contributed by atoms with van der Waals surface area (Å²) in [5, 5.41) is 3.29. The van der Waals surface area contributed by atoms with Gasteiger partial charge in [-0.25, -0.2) is 0 Å². The van der Waals surface area contributed by atoms with Crippen LogP contribution >= 0.6 is 0 Å². The molecule has 0 heterocycles. The van der Waals surface area contributed by atoms with E-state index in [4.69, 9.17) is 0 Å². The lowest BCUT2D eigenvalue weighted by molar-refractivity contribution is -0.0507. The molecule has 0 aliphatic carbocycles. The van der Waals surface area contributed by atoms with Gasteiger partial charge in [0.2, 0.25) is 0 Å². The van der Waals surface area contributed by atoms with Crippen LogP contribution in [-0.2, 0) is 0 Å². The number of ether oxygens (including phenoxy) is 1. The number of nitrogens with one attached hydrogen (secondary N) is 1. The first-order valence-electron chi connectivity index (χ1n) is 6.52.